The molecule has 2 fully saturated rings. The molecule has 1 N–H and O–H groups in total. The van der Waals surface area contributed by atoms with Gasteiger partial charge in [-0.25, -0.2) is 24.3 Å². The van der Waals surface area contributed by atoms with Crippen LogP contribution in [0.2, 0.25) is 0 Å². The van der Waals surface area contributed by atoms with Crippen LogP contribution < -0.4 is 10.2 Å². The van der Waals surface area contributed by atoms with E-state index < -0.39 is 0 Å². The Morgan fingerprint density at radius 2 is 2.12 bits per heavy atom. The molecule has 1 aliphatic carbocycles. The topological polar surface area (TPSA) is 66.8 Å². The fourth-order valence-corrected chi connectivity index (χ4v) is 3.13. The molecule has 2 aromatic rings. The third-order valence-corrected chi connectivity index (χ3v) is 4.63. The van der Waals surface area contributed by atoms with Gasteiger partial charge in [-0.1, -0.05) is 6.92 Å². The lowest BCUT2D eigenvalue weighted by atomic mass is 10.2. The Labute approximate surface area is 140 Å². The Kier molecular flexibility index (Phi) is 4.00. The fraction of sp³-hybridized carbons (Fsp3) is 0.529. The first kappa shape index (κ1) is 15.2. The van der Waals surface area contributed by atoms with E-state index in [9.17, 15) is 4.39 Å². The van der Waals surface area contributed by atoms with Gasteiger partial charge in [0, 0.05) is 31.2 Å². The largest absolute Gasteiger partial charge is 0.365 e. The van der Waals surface area contributed by atoms with Crippen molar-refractivity contribution < 1.29 is 4.39 Å². The Bertz CT molecular complexity index is 733. The second kappa shape index (κ2) is 6.30. The molecule has 4 rings (SSSR count). The highest BCUT2D eigenvalue weighted by Gasteiger charge is 2.28. The average molecular weight is 328 g/mol. The van der Waals surface area contributed by atoms with Crippen LogP contribution in [0, 0.1) is 5.82 Å². The molecule has 0 amide bonds. The number of hydrogen-bond acceptors (Lipinski definition) is 6. The Hall–Kier alpha value is -2.31. The molecule has 24 heavy (non-hydrogen) atoms. The SMILES string of the molecule is CCc1ncnc(N2CCC(Nc3ccnc(C4CC4)n3)C2)c1F. The quantitative estimate of drug-likeness (QED) is 0.910. The minimum atomic E-state index is -0.293. The third kappa shape index (κ3) is 3.02. The zero-order chi connectivity index (χ0) is 16.5. The smallest absolute Gasteiger partial charge is 0.187 e. The van der Waals surface area contributed by atoms with E-state index in [1.54, 1.807) is 0 Å². The van der Waals surface area contributed by atoms with Crippen molar-refractivity contribution in [2.24, 2.45) is 0 Å². The van der Waals surface area contributed by atoms with Gasteiger partial charge in [-0.2, -0.15) is 0 Å². The molecular weight excluding hydrogens is 307 g/mol. The average Bonchev–Trinajstić information content (AvgIpc) is 3.36. The molecule has 0 spiro atoms. The predicted octanol–water partition coefficient (Wildman–Crippen LogP) is 2.54. The van der Waals surface area contributed by atoms with Crippen molar-refractivity contribution in [1.29, 1.82) is 0 Å². The van der Waals surface area contributed by atoms with Gasteiger partial charge in [-0.15, -0.1) is 0 Å². The van der Waals surface area contributed by atoms with Crippen LogP contribution in [0.4, 0.5) is 16.0 Å². The van der Waals surface area contributed by atoms with Crippen LogP contribution in [-0.4, -0.2) is 39.1 Å². The van der Waals surface area contributed by atoms with Crippen LogP contribution in [0.3, 0.4) is 0 Å². The lowest BCUT2D eigenvalue weighted by Gasteiger charge is -2.19. The lowest BCUT2D eigenvalue weighted by Crippen LogP contribution is -2.28. The highest BCUT2D eigenvalue weighted by Crippen LogP contribution is 2.38. The molecule has 1 atom stereocenters. The van der Waals surface area contributed by atoms with Gasteiger partial charge >= 0.3 is 0 Å². The minimum Gasteiger partial charge on any atom is -0.365 e. The van der Waals surface area contributed by atoms with Gasteiger partial charge in [0.15, 0.2) is 11.6 Å². The van der Waals surface area contributed by atoms with E-state index in [0.29, 0.717) is 30.4 Å². The first-order valence-electron chi connectivity index (χ1n) is 8.58. The highest BCUT2D eigenvalue weighted by atomic mass is 19.1. The van der Waals surface area contributed by atoms with Gasteiger partial charge in [-0.05, 0) is 31.7 Å². The summed E-state index contributed by atoms with van der Waals surface area (Å²) >= 11 is 0. The zero-order valence-corrected chi connectivity index (χ0v) is 13.7. The van der Waals surface area contributed by atoms with Crippen LogP contribution >= 0.6 is 0 Å². The van der Waals surface area contributed by atoms with Crippen LogP contribution in [0.1, 0.15) is 43.6 Å². The van der Waals surface area contributed by atoms with Gasteiger partial charge in [0.2, 0.25) is 0 Å². The Morgan fingerprint density at radius 1 is 1.25 bits per heavy atom. The highest BCUT2D eigenvalue weighted by molar-refractivity contribution is 5.44. The van der Waals surface area contributed by atoms with Gasteiger partial charge in [0.1, 0.15) is 18.0 Å². The number of aromatic nitrogens is 4. The molecule has 6 nitrogen and oxygen atoms in total. The number of rotatable bonds is 5. The summed E-state index contributed by atoms with van der Waals surface area (Å²) in [6.07, 6.45) is 7.13. The second-order valence-electron chi connectivity index (χ2n) is 6.46. The number of anilines is 2. The van der Waals surface area contributed by atoms with E-state index >= 15 is 0 Å². The summed E-state index contributed by atoms with van der Waals surface area (Å²) in [6.45, 7) is 3.38. The molecule has 126 valence electrons. The summed E-state index contributed by atoms with van der Waals surface area (Å²) in [6, 6.07) is 2.13. The van der Waals surface area contributed by atoms with Gasteiger partial charge in [0.25, 0.3) is 0 Å². The molecule has 2 aliphatic rings. The van der Waals surface area contributed by atoms with Crippen LogP contribution in [0.5, 0.6) is 0 Å². The summed E-state index contributed by atoms with van der Waals surface area (Å²) in [5.74, 6) is 2.45. The number of aryl methyl sites for hydroxylation is 1. The molecule has 2 aromatic heterocycles. The standard InChI is InChI=1S/C17H21FN6/c1-2-13-15(18)17(21-10-20-13)24-8-6-12(9-24)22-14-5-7-19-16(23-14)11-3-4-11/h5,7,10-12H,2-4,6,8-9H2,1H3,(H,19,22,23). The second-order valence-corrected chi connectivity index (χ2v) is 6.46. The minimum absolute atomic E-state index is 0.228. The van der Waals surface area contributed by atoms with Crippen molar-refractivity contribution in [1.82, 2.24) is 19.9 Å². The maximum atomic E-state index is 14.4. The van der Waals surface area contributed by atoms with E-state index in [4.69, 9.17) is 0 Å². The van der Waals surface area contributed by atoms with E-state index in [1.807, 2.05) is 24.1 Å². The molecular formula is C17H21FN6. The normalized spacial score (nSPS) is 20.4. The third-order valence-electron chi connectivity index (χ3n) is 4.63. The lowest BCUT2D eigenvalue weighted by molar-refractivity contribution is 0.588. The van der Waals surface area contributed by atoms with Gasteiger partial charge < -0.3 is 10.2 Å². The van der Waals surface area contributed by atoms with Crippen molar-refractivity contribution in [2.75, 3.05) is 23.3 Å². The molecule has 0 bridgehead atoms. The van der Waals surface area contributed by atoms with Crippen LogP contribution in [0.15, 0.2) is 18.6 Å². The number of nitrogens with zero attached hydrogens (tertiary/aromatic N) is 5. The molecule has 0 aromatic carbocycles. The Morgan fingerprint density at radius 3 is 2.92 bits per heavy atom. The number of hydrogen-bond donors (Lipinski definition) is 1. The molecule has 3 heterocycles. The number of halogens is 1. The molecule has 1 saturated carbocycles. The van der Waals surface area contributed by atoms with Crippen molar-refractivity contribution in [2.45, 2.75) is 44.6 Å². The summed E-state index contributed by atoms with van der Waals surface area (Å²) in [5.41, 5.74) is 0.473. The van der Waals surface area contributed by atoms with E-state index in [-0.39, 0.29) is 11.9 Å². The first-order chi connectivity index (χ1) is 11.7. The summed E-state index contributed by atoms with van der Waals surface area (Å²) in [7, 11) is 0. The van der Waals surface area contributed by atoms with Gasteiger partial charge in [-0.3, -0.25) is 0 Å². The van der Waals surface area contributed by atoms with Crippen molar-refractivity contribution >= 4 is 11.6 Å². The monoisotopic (exact) mass is 328 g/mol. The van der Waals surface area contributed by atoms with E-state index in [2.05, 4.69) is 25.3 Å². The maximum Gasteiger partial charge on any atom is 0.187 e. The number of nitrogens with one attached hydrogen (secondary N) is 1. The van der Waals surface area contributed by atoms with Crippen molar-refractivity contribution in [3.63, 3.8) is 0 Å². The summed E-state index contributed by atoms with van der Waals surface area (Å²) in [5, 5.41) is 3.45. The maximum absolute atomic E-state index is 14.4. The predicted molar refractivity (Wildman–Crippen MR) is 89.6 cm³/mol. The zero-order valence-electron chi connectivity index (χ0n) is 13.7. The molecule has 0 radical (unpaired) electrons. The molecule has 1 unspecified atom stereocenters. The van der Waals surface area contributed by atoms with E-state index in [1.165, 1.54) is 19.2 Å². The molecule has 1 saturated heterocycles. The fourth-order valence-electron chi connectivity index (χ4n) is 3.13. The van der Waals surface area contributed by atoms with Crippen molar-refractivity contribution in [3.8, 4) is 0 Å². The van der Waals surface area contributed by atoms with Crippen LogP contribution in [0.25, 0.3) is 0 Å². The Balaban J connectivity index is 1.44. The van der Waals surface area contributed by atoms with E-state index in [0.717, 1.165) is 24.6 Å². The van der Waals surface area contributed by atoms with Crippen molar-refractivity contribution in [3.05, 3.63) is 35.9 Å². The first-order valence-corrected chi connectivity index (χ1v) is 8.58. The van der Waals surface area contributed by atoms with Crippen LogP contribution in [-0.2, 0) is 6.42 Å². The molecule has 1 aliphatic heterocycles. The summed E-state index contributed by atoms with van der Waals surface area (Å²) < 4.78 is 14.4. The van der Waals surface area contributed by atoms with Gasteiger partial charge in [0.05, 0.1) is 5.69 Å². The molecule has 7 heteroatoms. The summed E-state index contributed by atoms with van der Waals surface area (Å²) in [4.78, 5) is 19.1.